The lowest BCUT2D eigenvalue weighted by Crippen LogP contribution is -2.32. The molecule has 2 fully saturated rings. The number of hydrogen-bond acceptors (Lipinski definition) is 5. The van der Waals surface area contributed by atoms with Gasteiger partial charge in [-0.3, -0.25) is 20.2 Å². The number of nitrogens with zero attached hydrogens (tertiary/aromatic N) is 2. The van der Waals surface area contributed by atoms with E-state index in [0.717, 1.165) is 24.8 Å². The average molecular weight is 416 g/mol. The minimum Gasteiger partial charge on any atom is -0.393 e. The Hall–Kier alpha value is -2.16. The summed E-state index contributed by atoms with van der Waals surface area (Å²) in [5, 5.41) is 9.75. The zero-order valence-corrected chi connectivity index (χ0v) is 18.0. The van der Waals surface area contributed by atoms with Gasteiger partial charge in [0.05, 0.1) is 17.1 Å². The number of hydrogen-bond donors (Lipinski definition) is 4. The van der Waals surface area contributed by atoms with Crippen LogP contribution in [0.1, 0.15) is 62.4 Å². The van der Waals surface area contributed by atoms with E-state index in [0.29, 0.717) is 48.5 Å². The van der Waals surface area contributed by atoms with Crippen molar-refractivity contribution in [2.45, 2.75) is 70.2 Å². The summed E-state index contributed by atoms with van der Waals surface area (Å²) in [4.78, 5) is 30.2. The first-order chi connectivity index (χ1) is 14.3. The molecule has 1 saturated carbocycles. The van der Waals surface area contributed by atoms with E-state index in [1.165, 1.54) is 0 Å². The van der Waals surface area contributed by atoms with Crippen LogP contribution in [0.4, 0.5) is 0 Å². The first-order valence-corrected chi connectivity index (χ1v) is 11.0. The van der Waals surface area contributed by atoms with Crippen LogP contribution in [0.25, 0.3) is 11.0 Å². The number of nitrogens with one attached hydrogen (secondary N) is 3. The van der Waals surface area contributed by atoms with Gasteiger partial charge in [-0.1, -0.05) is 0 Å². The number of hydrazine groups is 1. The van der Waals surface area contributed by atoms with Gasteiger partial charge in [0.2, 0.25) is 0 Å². The van der Waals surface area contributed by atoms with Gasteiger partial charge in [-0.25, -0.2) is 4.79 Å². The molecule has 164 valence electrons. The lowest BCUT2D eigenvalue weighted by atomic mass is 9.93. The fourth-order valence-corrected chi connectivity index (χ4v) is 5.02. The molecule has 1 aromatic carbocycles. The minimum absolute atomic E-state index is 0.0366. The monoisotopic (exact) mass is 415 g/mol. The molecular formula is C22H33N5O3. The number of aromatic amines is 1. The zero-order chi connectivity index (χ0) is 21.4. The van der Waals surface area contributed by atoms with Crippen LogP contribution >= 0.6 is 0 Å². The van der Waals surface area contributed by atoms with Crippen LogP contribution in [0, 0.1) is 5.92 Å². The Morgan fingerprint density at radius 3 is 2.50 bits per heavy atom. The van der Waals surface area contributed by atoms with Crippen molar-refractivity contribution in [2.24, 2.45) is 5.92 Å². The summed E-state index contributed by atoms with van der Waals surface area (Å²) in [6, 6.07) is 6.32. The second-order valence-electron chi connectivity index (χ2n) is 9.04. The average Bonchev–Trinajstić information content (AvgIpc) is 3.23. The van der Waals surface area contributed by atoms with Crippen LogP contribution in [0.15, 0.2) is 23.0 Å². The Bertz CT molecular complexity index is 949. The van der Waals surface area contributed by atoms with E-state index in [1.807, 2.05) is 19.2 Å². The number of imidazole rings is 1. The highest BCUT2D eigenvalue weighted by molar-refractivity contribution is 5.97. The number of amides is 1. The first kappa shape index (κ1) is 21.1. The fourth-order valence-electron chi connectivity index (χ4n) is 5.02. The summed E-state index contributed by atoms with van der Waals surface area (Å²) < 4.78 is 1.79. The van der Waals surface area contributed by atoms with Gasteiger partial charge in [-0.2, -0.15) is 0 Å². The second kappa shape index (κ2) is 8.53. The lowest BCUT2D eigenvalue weighted by molar-refractivity contribution is 0.0785. The third-order valence-electron chi connectivity index (χ3n) is 6.96. The second-order valence-corrected chi connectivity index (χ2v) is 9.04. The van der Waals surface area contributed by atoms with Crippen molar-refractivity contribution < 1.29 is 9.90 Å². The maximum absolute atomic E-state index is 13.0. The van der Waals surface area contributed by atoms with E-state index in [-0.39, 0.29) is 23.7 Å². The Morgan fingerprint density at radius 1 is 1.17 bits per heavy atom. The van der Waals surface area contributed by atoms with Gasteiger partial charge >= 0.3 is 5.69 Å². The van der Waals surface area contributed by atoms with Crippen molar-refractivity contribution in [3.63, 3.8) is 0 Å². The van der Waals surface area contributed by atoms with Gasteiger partial charge in [0.15, 0.2) is 0 Å². The SMILES string of the molecule is CC1NNC(C)C1CCN(C)C(=O)c1ccc2c(c1)[nH]c(=O)n2C1CCC(O)CC1. The van der Waals surface area contributed by atoms with E-state index >= 15 is 0 Å². The number of benzene rings is 1. The van der Waals surface area contributed by atoms with Gasteiger partial charge in [0.1, 0.15) is 0 Å². The van der Waals surface area contributed by atoms with E-state index < -0.39 is 0 Å². The van der Waals surface area contributed by atoms with Crippen molar-refractivity contribution in [1.82, 2.24) is 25.3 Å². The fraction of sp³-hybridized carbons (Fsp3) is 0.636. The maximum Gasteiger partial charge on any atom is 0.326 e. The smallest absolute Gasteiger partial charge is 0.326 e. The van der Waals surface area contributed by atoms with Gasteiger partial charge in [-0.15, -0.1) is 0 Å². The lowest BCUT2D eigenvalue weighted by Gasteiger charge is -2.26. The maximum atomic E-state index is 13.0. The van der Waals surface area contributed by atoms with Crippen molar-refractivity contribution in [3.05, 3.63) is 34.2 Å². The number of H-pyrrole nitrogens is 1. The van der Waals surface area contributed by atoms with Crippen molar-refractivity contribution >= 4 is 16.9 Å². The van der Waals surface area contributed by atoms with E-state index in [2.05, 4.69) is 29.7 Å². The summed E-state index contributed by atoms with van der Waals surface area (Å²) in [6.07, 6.45) is 3.68. The van der Waals surface area contributed by atoms with Crippen molar-refractivity contribution in [3.8, 4) is 0 Å². The number of carbonyl (C=O) groups excluding carboxylic acids is 1. The highest BCUT2D eigenvalue weighted by Crippen LogP contribution is 2.30. The number of rotatable bonds is 5. The molecule has 0 spiro atoms. The molecule has 0 radical (unpaired) electrons. The van der Waals surface area contributed by atoms with Crippen LogP contribution in [-0.4, -0.2) is 57.2 Å². The molecule has 2 aliphatic rings. The third-order valence-corrected chi connectivity index (χ3v) is 6.96. The van der Waals surface area contributed by atoms with Gasteiger partial charge in [-0.05, 0) is 70.1 Å². The Morgan fingerprint density at radius 2 is 1.83 bits per heavy atom. The van der Waals surface area contributed by atoms with Crippen molar-refractivity contribution in [1.29, 1.82) is 0 Å². The quantitative estimate of drug-likeness (QED) is 0.596. The van der Waals surface area contributed by atoms with Crippen LogP contribution in [0.2, 0.25) is 0 Å². The number of aliphatic hydroxyl groups excluding tert-OH is 1. The molecule has 2 aromatic rings. The number of aromatic nitrogens is 2. The predicted molar refractivity (Wildman–Crippen MR) is 116 cm³/mol. The molecule has 2 unspecified atom stereocenters. The molecule has 1 saturated heterocycles. The predicted octanol–water partition coefficient (Wildman–Crippen LogP) is 1.77. The molecule has 2 atom stereocenters. The highest BCUT2D eigenvalue weighted by Gasteiger charge is 2.30. The Labute approximate surface area is 176 Å². The Kier molecular flexibility index (Phi) is 5.99. The molecule has 30 heavy (non-hydrogen) atoms. The van der Waals surface area contributed by atoms with Crippen LogP contribution in [-0.2, 0) is 0 Å². The molecule has 1 aliphatic carbocycles. The van der Waals surface area contributed by atoms with Gasteiger partial charge < -0.3 is 15.0 Å². The normalized spacial score (nSPS) is 29.4. The molecule has 8 heteroatoms. The number of fused-ring (bicyclic) bond motifs is 1. The number of carbonyl (C=O) groups is 1. The highest BCUT2D eigenvalue weighted by atomic mass is 16.3. The molecule has 4 N–H and O–H groups in total. The topological polar surface area (TPSA) is 102 Å². The zero-order valence-electron chi connectivity index (χ0n) is 18.0. The Balaban J connectivity index is 1.48. The summed E-state index contributed by atoms with van der Waals surface area (Å²) >= 11 is 0. The van der Waals surface area contributed by atoms with Crippen LogP contribution < -0.4 is 16.5 Å². The van der Waals surface area contributed by atoms with Crippen LogP contribution in [0.3, 0.4) is 0 Å². The first-order valence-electron chi connectivity index (χ1n) is 11.0. The molecule has 1 aromatic heterocycles. The largest absolute Gasteiger partial charge is 0.393 e. The molecule has 8 nitrogen and oxygen atoms in total. The molecule has 0 bridgehead atoms. The summed E-state index contributed by atoms with van der Waals surface area (Å²) in [5.41, 5.74) is 8.47. The van der Waals surface area contributed by atoms with E-state index in [9.17, 15) is 14.7 Å². The van der Waals surface area contributed by atoms with Crippen molar-refractivity contribution in [2.75, 3.05) is 13.6 Å². The molecule has 4 rings (SSSR count). The molecule has 1 amide bonds. The van der Waals surface area contributed by atoms with E-state index in [1.54, 1.807) is 15.5 Å². The van der Waals surface area contributed by atoms with E-state index in [4.69, 9.17) is 0 Å². The number of aliphatic hydroxyl groups is 1. The molecule has 2 heterocycles. The summed E-state index contributed by atoms with van der Waals surface area (Å²) in [5.74, 6) is 0.438. The van der Waals surface area contributed by atoms with Gasteiger partial charge in [0.25, 0.3) is 5.91 Å². The summed E-state index contributed by atoms with van der Waals surface area (Å²) in [7, 11) is 1.83. The minimum atomic E-state index is -0.260. The summed E-state index contributed by atoms with van der Waals surface area (Å²) in [6.45, 7) is 5.00. The van der Waals surface area contributed by atoms with Gasteiger partial charge in [0, 0.05) is 37.3 Å². The standard InChI is InChI=1S/C22H33N5O3/c1-13-18(14(2)25-24-13)10-11-26(3)21(29)15-4-9-20-19(12-15)23-22(30)27(20)16-5-7-17(28)8-6-16/h4,9,12-14,16-18,24-25,28H,5-8,10-11H2,1-3H3,(H,23,30). The van der Waals surface area contributed by atoms with Crippen LogP contribution in [0.5, 0.6) is 0 Å². The molecular weight excluding hydrogens is 382 g/mol. The molecule has 1 aliphatic heterocycles. The third kappa shape index (κ3) is 4.04.